The van der Waals surface area contributed by atoms with Gasteiger partial charge >= 0.3 is 0 Å². The zero-order chi connectivity index (χ0) is 14.3. The second-order valence-corrected chi connectivity index (χ2v) is 5.00. The predicted molar refractivity (Wildman–Crippen MR) is 80.7 cm³/mol. The minimum Gasteiger partial charge on any atom is -0.496 e. The average Bonchev–Trinajstić information content (AvgIpc) is 2.42. The molecule has 1 aromatic carbocycles. The van der Waals surface area contributed by atoms with E-state index in [1.54, 1.807) is 7.11 Å². The summed E-state index contributed by atoms with van der Waals surface area (Å²) in [6.07, 6.45) is 4.89. The fourth-order valence-electron chi connectivity index (χ4n) is 2.07. The first-order valence-corrected chi connectivity index (χ1v) is 7.11. The molecule has 0 bridgehead atoms. The summed E-state index contributed by atoms with van der Waals surface area (Å²) in [5.74, 6) is 2.20. The van der Waals surface area contributed by atoms with E-state index in [0.717, 1.165) is 35.7 Å². The van der Waals surface area contributed by atoms with E-state index in [-0.39, 0.29) is 0 Å². The van der Waals surface area contributed by atoms with Gasteiger partial charge in [-0.25, -0.2) is 0 Å². The van der Waals surface area contributed by atoms with E-state index >= 15 is 0 Å². The van der Waals surface area contributed by atoms with Crippen LogP contribution >= 0.6 is 0 Å². The molecule has 2 heteroatoms. The molecule has 0 aliphatic rings. The molecular formula is C17H26O2. The fourth-order valence-corrected chi connectivity index (χ4v) is 2.07. The standard InChI is InChI=1S/C17H26O2/c1-6-8-9-15(7-2)12-19-17-11-13(3)16(18-5)10-14(17)4/h10-11,15H,3-4,6-9,12H2,1-2,5H3. The Morgan fingerprint density at radius 2 is 1.74 bits per heavy atom. The molecule has 19 heavy (non-hydrogen) atoms. The highest BCUT2D eigenvalue weighted by Crippen LogP contribution is 2.28. The molecule has 2 radical (unpaired) electrons. The molecule has 0 saturated carbocycles. The lowest BCUT2D eigenvalue weighted by Gasteiger charge is -2.18. The van der Waals surface area contributed by atoms with Gasteiger partial charge in [-0.1, -0.05) is 33.1 Å². The van der Waals surface area contributed by atoms with Crippen LogP contribution in [-0.2, 0) is 0 Å². The first kappa shape index (κ1) is 15.9. The Labute approximate surface area is 118 Å². The summed E-state index contributed by atoms with van der Waals surface area (Å²) in [5, 5.41) is 0. The predicted octanol–water partition coefficient (Wildman–Crippen LogP) is 4.65. The Balaban J connectivity index is 2.64. The molecule has 0 aliphatic carbocycles. The third-order valence-electron chi connectivity index (χ3n) is 3.48. The Kier molecular flexibility index (Phi) is 6.75. The Morgan fingerprint density at radius 3 is 2.32 bits per heavy atom. The van der Waals surface area contributed by atoms with Gasteiger partial charge in [0.1, 0.15) is 11.5 Å². The maximum absolute atomic E-state index is 5.91. The maximum Gasteiger partial charge on any atom is 0.123 e. The summed E-state index contributed by atoms with van der Waals surface area (Å²) < 4.78 is 11.1. The van der Waals surface area contributed by atoms with Crippen molar-refractivity contribution in [3.8, 4) is 11.5 Å². The number of methoxy groups -OCH3 is 1. The highest BCUT2D eigenvalue weighted by molar-refractivity contribution is 5.48. The molecule has 0 spiro atoms. The maximum atomic E-state index is 5.91. The van der Waals surface area contributed by atoms with Crippen LogP contribution in [0.5, 0.6) is 11.5 Å². The summed E-state index contributed by atoms with van der Waals surface area (Å²) in [4.78, 5) is 0. The number of rotatable bonds is 8. The monoisotopic (exact) mass is 262 g/mol. The van der Waals surface area contributed by atoms with E-state index in [9.17, 15) is 0 Å². The van der Waals surface area contributed by atoms with Gasteiger partial charge in [0.05, 0.1) is 13.7 Å². The first-order chi connectivity index (χ1) is 9.12. The van der Waals surface area contributed by atoms with E-state index in [1.165, 1.54) is 19.3 Å². The van der Waals surface area contributed by atoms with E-state index in [0.29, 0.717) is 5.92 Å². The van der Waals surface area contributed by atoms with Crippen molar-refractivity contribution in [2.24, 2.45) is 5.92 Å². The second-order valence-electron chi connectivity index (χ2n) is 5.00. The molecule has 1 unspecified atom stereocenters. The summed E-state index contributed by atoms with van der Waals surface area (Å²) >= 11 is 0. The molecule has 1 aromatic rings. The Morgan fingerprint density at radius 1 is 1.11 bits per heavy atom. The molecule has 0 amide bonds. The van der Waals surface area contributed by atoms with Crippen molar-refractivity contribution in [2.45, 2.75) is 39.5 Å². The summed E-state index contributed by atoms with van der Waals surface area (Å²) in [7, 11) is 1.64. The summed E-state index contributed by atoms with van der Waals surface area (Å²) in [6, 6.07) is 3.79. The van der Waals surface area contributed by atoms with Gasteiger partial charge in [0.2, 0.25) is 0 Å². The minimum absolute atomic E-state index is 0.620. The van der Waals surface area contributed by atoms with Crippen LogP contribution in [0, 0.1) is 19.8 Å². The zero-order valence-electron chi connectivity index (χ0n) is 12.5. The Hall–Kier alpha value is -1.18. The van der Waals surface area contributed by atoms with Crippen molar-refractivity contribution in [1.29, 1.82) is 0 Å². The zero-order valence-corrected chi connectivity index (χ0v) is 12.5. The third-order valence-corrected chi connectivity index (χ3v) is 3.48. The van der Waals surface area contributed by atoms with Crippen LogP contribution in [0.3, 0.4) is 0 Å². The smallest absolute Gasteiger partial charge is 0.123 e. The van der Waals surface area contributed by atoms with Gasteiger partial charge in [-0.15, -0.1) is 0 Å². The molecule has 0 saturated heterocycles. The van der Waals surface area contributed by atoms with Crippen LogP contribution in [0.4, 0.5) is 0 Å². The lowest BCUT2D eigenvalue weighted by Crippen LogP contribution is -2.12. The van der Waals surface area contributed by atoms with Crippen LogP contribution in [-0.4, -0.2) is 13.7 Å². The van der Waals surface area contributed by atoms with Gasteiger partial charge in [-0.05, 0) is 49.4 Å². The van der Waals surface area contributed by atoms with Crippen LogP contribution in [0.1, 0.15) is 50.7 Å². The van der Waals surface area contributed by atoms with Crippen LogP contribution in [0.25, 0.3) is 0 Å². The molecule has 0 fully saturated rings. The minimum atomic E-state index is 0.620. The molecule has 0 aliphatic heterocycles. The molecule has 1 rings (SSSR count). The van der Waals surface area contributed by atoms with Crippen molar-refractivity contribution in [2.75, 3.05) is 13.7 Å². The Bertz CT molecular complexity index is 385. The van der Waals surface area contributed by atoms with Gasteiger partial charge in [-0.2, -0.15) is 0 Å². The molecule has 1 atom stereocenters. The van der Waals surface area contributed by atoms with E-state index < -0.39 is 0 Å². The van der Waals surface area contributed by atoms with Gasteiger partial charge in [-0.3, -0.25) is 0 Å². The van der Waals surface area contributed by atoms with E-state index in [4.69, 9.17) is 9.47 Å². The lowest BCUT2D eigenvalue weighted by atomic mass is 10.0. The molecule has 0 aromatic heterocycles. The number of hydrogen-bond acceptors (Lipinski definition) is 2. The molecule has 0 N–H and O–H groups in total. The fraction of sp³-hybridized carbons (Fsp3) is 0.529. The van der Waals surface area contributed by atoms with Gasteiger partial charge in [0.25, 0.3) is 0 Å². The lowest BCUT2D eigenvalue weighted by molar-refractivity contribution is 0.232. The van der Waals surface area contributed by atoms with E-state index in [2.05, 4.69) is 27.7 Å². The highest BCUT2D eigenvalue weighted by Gasteiger charge is 2.10. The summed E-state index contributed by atoms with van der Waals surface area (Å²) in [6.45, 7) is 13.2. The average molecular weight is 262 g/mol. The second kappa shape index (κ2) is 8.08. The number of hydrogen-bond donors (Lipinski definition) is 0. The largest absolute Gasteiger partial charge is 0.496 e. The van der Waals surface area contributed by atoms with Crippen molar-refractivity contribution >= 4 is 0 Å². The molecule has 2 nitrogen and oxygen atoms in total. The van der Waals surface area contributed by atoms with E-state index in [1.807, 2.05) is 12.1 Å². The molecule has 0 heterocycles. The van der Waals surface area contributed by atoms with Gasteiger partial charge < -0.3 is 9.47 Å². The van der Waals surface area contributed by atoms with Gasteiger partial charge in [0, 0.05) is 0 Å². The topological polar surface area (TPSA) is 18.5 Å². The molecular weight excluding hydrogens is 236 g/mol. The van der Waals surface area contributed by atoms with Gasteiger partial charge in [0.15, 0.2) is 0 Å². The van der Waals surface area contributed by atoms with Crippen LogP contribution in [0.15, 0.2) is 12.1 Å². The first-order valence-electron chi connectivity index (χ1n) is 7.11. The quantitative estimate of drug-likeness (QED) is 0.678. The van der Waals surface area contributed by atoms with Crippen molar-refractivity contribution < 1.29 is 9.47 Å². The van der Waals surface area contributed by atoms with Crippen LogP contribution < -0.4 is 9.47 Å². The highest BCUT2D eigenvalue weighted by atomic mass is 16.5. The normalized spacial score (nSPS) is 12.3. The number of ether oxygens (including phenoxy) is 2. The van der Waals surface area contributed by atoms with Crippen LogP contribution in [0.2, 0.25) is 0 Å². The summed E-state index contributed by atoms with van der Waals surface area (Å²) in [5.41, 5.74) is 1.70. The van der Waals surface area contributed by atoms with Crippen molar-refractivity contribution in [3.63, 3.8) is 0 Å². The van der Waals surface area contributed by atoms with Crippen molar-refractivity contribution in [1.82, 2.24) is 0 Å². The third kappa shape index (κ3) is 4.77. The van der Waals surface area contributed by atoms with Crippen molar-refractivity contribution in [3.05, 3.63) is 37.1 Å². The SMILES string of the molecule is [CH2]c1cc(OCC(CC)CCCC)c([CH2])cc1OC. The number of benzene rings is 1. The number of unbranched alkanes of at least 4 members (excludes halogenated alkanes) is 1. The molecule has 106 valence electrons.